The molecule has 0 aliphatic carbocycles. The summed E-state index contributed by atoms with van der Waals surface area (Å²) >= 11 is 0. The van der Waals surface area contributed by atoms with Crippen LogP contribution in [0.4, 0.5) is 27.9 Å². The summed E-state index contributed by atoms with van der Waals surface area (Å²) in [6.07, 6.45) is 2.39. The molecule has 0 radical (unpaired) electrons. The summed E-state index contributed by atoms with van der Waals surface area (Å²) < 4.78 is 4.70. The van der Waals surface area contributed by atoms with Crippen molar-refractivity contribution in [2.24, 2.45) is 0 Å². The number of aromatic nitrogens is 2. The second-order valence-corrected chi connectivity index (χ2v) is 5.80. The van der Waals surface area contributed by atoms with Crippen LogP contribution < -0.4 is 20.9 Å². The Bertz CT molecular complexity index is 715. The van der Waals surface area contributed by atoms with Gasteiger partial charge in [-0.2, -0.15) is 4.98 Å². The lowest BCUT2D eigenvalue weighted by Crippen LogP contribution is -2.25. The smallest absolute Gasteiger partial charge is 0.413 e. The SMILES string of the molecule is COC(=O)N(C)c1ccc(Nc2nccc(NC3CCNC3)n2)cc1. The molecule has 2 aromatic rings. The van der Waals surface area contributed by atoms with Crippen LogP contribution in [0, 0.1) is 0 Å². The number of anilines is 4. The van der Waals surface area contributed by atoms with E-state index < -0.39 is 6.09 Å². The van der Waals surface area contributed by atoms with Crippen LogP contribution in [0.5, 0.6) is 0 Å². The largest absolute Gasteiger partial charge is 0.452 e. The molecule has 1 saturated heterocycles. The number of rotatable bonds is 5. The molecule has 3 rings (SSSR count). The van der Waals surface area contributed by atoms with Gasteiger partial charge >= 0.3 is 6.09 Å². The highest BCUT2D eigenvalue weighted by molar-refractivity contribution is 5.87. The van der Waals surface area contributed by atoms with E-state index in [9.17, 15) is 4.79 Å². The first-order valence-corrected chi connectivity index (χ1v) is 8.15. The Hall–Kier alpha value is -2.87. The van der Waals surface area contributed by atoms with Crippen molar-refractivity contribution in [3.05, 3.63) is 36.5 Å². The fraction of sp³-hybridized carbons (Fsp3) is 0.353. The molecule has 0 saturated carbocycles. The summed E-state index contributed by atoms with van der Waals surface area (Å²) in [6, 6.07) is 9.63. The summed E-state index contributed by atoms with van der Waals surface area (Å²) in [5.41, 5.74) is 1.57. The molecular formula is C17H22N6O2. The molecule has 1 amide bonds. The molecule has 1 atom stereocenters. The van der Waals surface area contributed by atoms with E-state index in [1.54, 1.807) is 13.2 Å². The molecule has 25 heavy (non-hydrogen) atoms. The Labute approximate surface area is 146 Å². The maximum Gasteiger partial charge on any atom is 0.413 e. The van der Waals surface area contributed by atoms with Crippen LogP contribution in [0.25, 0.3) is 0 Å². The Morgan fingerprint density at radius 3 is 2.80 bits per heavy atom. The molecule has 8 heteroatoms. The third-order valence-corrected chi connectivity index (χ3v) is 4.03. The number of carbonyl (C=O) groups is 1. The van der Waals surface area contributed by atoms with Crippen LogP contribution in [0.3, 0.4) is 0 Å². The van der Waals surface area contributed by atoms with Crippen LogP contribution in [-0.4, -0.2) is 49.4 Å². The van der Waals surface area contributed by atoms with Crippen LogP contribution >= 0.6 is 0 Å². The molecular weight excluding hydrogens is 320 g/mol. The van der Waals surface area contributed by atoms with Gasteiger partial charge in [-0.3, -0.25) is 4.90 Å². The fourth-order valence-corrected chi connectivity index (χ4v) is 2.63. The topological polar surface area (TPSA) is 91.4 Å². The van der Waals surface area contributed by atoms with E-state index in [4.69, 9.17) is 4.74 Å². The molecule has 1 aliphatic heterocycles. The lowest BCUT2D eigenvalue weighted by Gasteiger charge is -2.16. The van der Waals surface area contributed by atoms with Crippen molar-refractivity contribution in [3.8, 4) is 0 Å². The van der Waals surface area contributed by atoms with Crippen molar-refractivity contribution in [3.63, 3.8) is 0 Å². The van der Waals surface area contributed by atoms with E-state index in [1.807, 2.05) is 30.3 Å². The molecule has 0 spiro atoms. The lowest BCUT2D eigenvalue weighted by atomic mass is 10.2. The summed E-state index contributed by atoms with van der Waals surface area (Å²) in [5, 5.41) is 9.88. The Morgan fingerprint density at radius 2 is 2.12 bits per heavy atom. The number of nitrogens with one attached hydrogen (secondary N) is 3. The van der Waals surface area contributed by atoms with Gasteiger partial charge < -0.3 is 20.7 Å². The summed E-state index contributed by atoms with van der Waals surface area (Å²) in [6.45, 7) is 1.97. The van der Waals surface area contributed by atoms with E-state index in [2.05, 4.69) is 25.9 Å². The van der Waals surface area contributed by atoms with Crippen LogP contribution in [0.2, 0.25) is 0 Å². The number of methoxy groups -OCH3 is 1. The zero-order chi connectivity index (χ0) is 17.6. The molecule has 1 aromatic heterocycles. The average Bonchev–Trinajstić information content (AvgIpc) is 3.14. The first kappa shape index (κ1) is 17.0. The van der Waals surface area contributed by atoms with Gasteiger partial charge in [0.1, 0.15) is 5.82 Å². The van der Waals surface area contributed by atoms with Gasteiger partial charge in [0.2, 0.25) is 5.95 Å². The Balaban J connectivity index is 1.64. The third kappa shape index (κ3) is 4.36. The fourth-order valence-electron chi connectivity index (χ4n) is 2.63. The monoisotopic (exact) mass is 342 g/mol. The second kappa shape index (κ2) is 7.80. The number of hydrogen-bond acceptors (Lipinski definition) is 7. The zero-order valence-electron chi connectivity index (χ0n) is 14.3. The van der Waals surface area contributed by atoms with E-state index in [1.165, 1.54) is 12.0 Å². The number of ether oxygens (including phenoxy) is 1. The van der Waals surface area contributed by atoms with Crippen LogP contribution in [-0.2, 0) is 4.74 Å². The highest BCUT2D eigenvalue weighted by atomic mass is 16.5. The highest BCUT2D eigenvalue weighted by Gasteiger charge is 2.14. The number of benzene rings is 1. The van der Waals surface area contributed by atoms with E-state index >= 15 is 0 Å². The standard InChI is InChI=1S/C17H22N6O2/c1-23(17(24)25-2)14-5-3-12(4-6-14)21-16-19-10-8-15(22-16)20-13-7-9-18-11-13/h3-6,8,10,13,18H,7,9,11H2,1-2H3,(H2,19,20,21,22). The second-order valence-electron chi connectivity index (χ2n) is 5.80. The van der Waals surface area contributed by atoms with Crippen molar-refractivity contribution >= 4 is 29.2 Å². The van der Waals surface area contributed by atoms with Gasteiger partial charge in [0.15, 0.2) is 0 Å². The van der Waals surface area contributed by atoms with Gasteiger partial charge in [0.05, 0.1) is 7.11 Å². The van der Waals surface area contributed by atoms with Gasteiger partial charge in [0.25, 0.3) is 0 Å². The van der Waals surface area contributed by atoms with Crippen LogP contribution in [0.1, 0.15) is 6.42 Å². The number of hydrogen-bond donors (Lipinski definition) is 3. The summed E-state index contributed by atoms with van der Waals surface area (Å²) in [5.74, 6) is 1.32. The number of carbonyl (C=O) groups excluding carboxylic acids is 1. The molecule has 1 fully saturated rings. The molecule has 1 aliphatic rings. The Morgan fingerprint density at radius 1 is 1.32 bits per heavy atom. The minimum absolute atomic E-state index is 0.399. The minimum Gasteiger partial charge on any atom is -0.452 e. The lowest BCUT2D eigenvalue weighted by molar-refractivity contribution is 0.180. The van der Waals surface area contributed by atoms with Crippen LogP contribution in [0.15, 0.2) is 36.5 Å². The van der Waals surface area contributed by atoms with Crippen molar-refractivity contribution in [2.45, 2.75) is 12.5 Å². The molecule has 8 nitrogen and oxygen atoms in total. The zero-order valence-corrected chi connectivity index (χ0v) is 14.3. The van der Waals surface area contributed by atoms with Gasteiger partial charge in [-0.05, 0) is 43.3 Å². The van der Waals surface area contributed by atoms with E-state index in [-0.39, 0.29) is 0 Å². The van der Waals surface area contributed by atoms with Gasteiger partial charge in [-0.25, -0.2) is 9.78 Å². The molecule has 3 N–H and O–H groups in total. The maximum atomic E-state index is 11.5. The minimum atomic E-state index is -0.413. The summed E-state index contributed by atoms with van der Waals surface area (Å²) in [7, 11) is 3.01. The molecule has 1 unspecified atom stereocenters. The molecule has 1 aromatic carbocycles. The first-order valence-electron chi connectivity index (χ1n) is 8.15. The van der Waals surface area contributed by atoms with Crippen molar-refractivity contribution in [1.29, 1.82) is 0 Å². The van der Waals surface area contributed by atoms with Gasteiger partial charge in [-0.15, -0.1) is 0 Å². The van der Waals surface area contributed by atoms with Crippen molar-refractivity contribution in [1.82, 2.24) is 15.3 Å². The number of nitrogens with zero attached hydrogens (tertiary/aromatic N) is 3. The summed E-state index contributed by atoms with van der Waals surface area (Å²) in [4.78, 5) is 21.7. The Kier molecular flexibility index (Phi) is 5.30. The molecule has 2 heterocycles. The van der Waals surface area contributed by atoms with E-state index in [0.29, 0.717) is 12.0 Å². The van der Waals surface area contributed by atoms with E-state index in [0.717, 1.165) is 36.7 Å². The van der Waals surface area contributed by atoms with Gasteiger partial charge in [0, 0.05) is 37.2 Å². The third-order valence-electron chi connectivity index (χ3n) is 4.03. The quantitative estimate of drug-likeness (QED) is 0.767. The maximum absolute atomic E-state index is 11.5. The predicted octanol–water partition coefficient (Wildman–Crippen LogP) is 2.20. The van der Waals surface area contributed by atoms with Crippen molar-refractivity contribution < 1.29 is 9.53 Å². The average molecular weight is 342 g/mol. The molecule has 132 valence electrons. The first-order chi connectivity index (χ1) is 12.2. The van der Waals surface area contributed by atoms with Gasteiger partial charge in [-0.1, -0.05) is 0 Å². The number of amides is 1. The predicted molar refractivity (Wildman–Crippen MR) is 97.5 cm³/mol. The highest BCUT2D eigenvalue weighted by Crippen LogP contribution is 2.20. The van der Waals surface area contributed by atoms with Crippen molar-refractivity contribution in [2.75, 3.05) is 42.8 Å². The molecule has 0 bridgehead atoms. The normalized spacial score (nSPS) is 16.3.